The molecule has 1 unspecified atom stereocenters. The lowest BCUT2D eigenvalue weighted by Gasteiger charge is -2.35. The Morgan fingerprint density at radius 2 is 2.50 bits per heavy atom. The fourth-order valence-corrected chi connectivity index (χ4v) is 2.48. The summed E-state index contributed by atoms with van der Waals surface area (Å²) in [6, 6.07) is 0.616. The molecule has 0 aromatic carbocycles. The summed E-state index contributed by atoms with van der Waals surface area (Å²) in [5, 5.41) is 7.23. The van der Waals surface area contributed by atoms with Gasteiger partial charge in [0.25, 0.3) is 0 Å². The summed E-state index contributed by atoms with van der Waals surface area (Å²) in [6.45, 7) is 4.85. The van der Waals surface area contributed by atoms with Crippen molar-refractivity contribution in [2.24, 2.45) is 0 Å². The van der Waals surface area contributed by atoms with Crippen LogP contribution in [0.5, 0.6) is 0 Å². The number of methoxy groups -OCH3 is 1. The average molecular weight is 253 g/mol. The Labute approximate surface area is 108 Å². The van der Waals surface area contributed by atoms with E-state index in [2.05, 4.69) is 15.4 Å². The molecule has 1 aliphatic heterocycles. The van der Waals surface area contributed by atoms with Gasteiger partial charge in [-0.25, -0.2) is 0 Å². The predicted molar refractivity (Wildman–Crippen MR) is 69.3 cm³/mol. The van der Waals surface area contributed by atoms with Gasteiger partial charge in [-0.05, 0) is 19.4 Å². The summed E-state index contributed by atoms with van der Waals surface area (Å²) in [5.41, 5.74) is 1.17. The van der Waals surface area contributed by atoms with E-state index in [0.717, 1.165) is 26.2 Å². The zero-order valence-electron chi connectivity index (χ0n) is 11.1. The number of piperidine rings is 1. The van der Waals surface area contributed by atoms with E-state index < -0.39 is 0 Å². The standard InChI is InChI=1S/C13H23N3O2/c1-17-7-5-14-9-13-4-2-3-6-16(13)10-12-8-15-18-11-12/h8,11,13-14H,2-7,9-10H2,1H3. The van der Waals surface area contributed by atoms with Crippen LogP contribution >= 0.6 is 0 Å². The molecule has 5 nitrogen and oxygen atoms in total. The number of hydrogen-bond donors (Lipinski definition) is 1. The van der Waals surface area contributed by atoms with Crippen LogP contribution in [0.25, 0.3) is 0 Å². The number of nitrogens with zero attached hydrogens (tertiary/aromatic N) is 2. The summed E-state index contributed by atoms with van der Waals surface area (Å²) in [5.74, 6) is 0. The first-order valence-electron chi connectivity index (χ1n) is 6.72. The molecule has 0 amide bonds. The molecule has 0 bridgehead atoms. The van der Waals surface area contributed by atoms with Crippen LogP contribution in [0.3, 0.4) is 0 Å². The minimum Gasteiger partial charge on any atom is -0.383 e. The summed E-state index contributed by atoms with van der Waals surface area (Å²) in [6.07, 6.45) is 7.44. The van der Waals surface area contributed by atoms with Crippen LogP contribution in [0.15, 0.2) is 17.0 Å². The molecular weight excluding hydrogens is 230 g/mol. The van der Waals surface area contributed by atoms with Gasteiger partial charge < -0.3 is 14.6 Å². The average Bonchev–Trinajstić information content (AvgIpc) is 2.89. The highest BCUT2D eigenvalue weighted by molar-refractivity contribution is 5.01. The van der Waals surface area contributed by atoms with Crippen molar-refractivity contribution in [1.82, 2.24) is 15.4 Å². The van der Waals surface area contributed by atoms with Crippen LogP contribution in [0.2, 0.25) is 0 Å². The Morgan fingerprint density at radius 3 is 3.28 bits per heavy atom. The lowest BCUT2D eigenvalue weighted by Crippen LogP contribution is -2.45. The van der Waals surface area contributed by atoms with E-state index in [4.69, 9.17) is 9.26 Å². The van der Waals surface area contributed by atoms with Gasteiger partial charge in [-0.3, -0.25) is 4.90 Å². The third kappa shape index (κ3) is 4.08. The summed E-state index contributed by atoms with van der Waals surface area (Å²) in [4.78, 5) is 2.52. The first-order valence-corrected chi connectivity index (χ1v) is 6.72. The van der Waals surface area contributed by atoms with Crippen molar-refractivity contribution >= 4 is 0 Å². The Hall–Kier alpha value is -0.910. The molecule has 5 heteroatoms. The molecule has 102 valence electrons. The van der Waals surface area contributed by atoms with Crippen molar-refractivity contribution in [1.29, 1.82) is 0 Å². The van der Waals surface area contributed by atoms with Crippen LogP contribution in [0.1, 0.15) is 24.8 Å². The van der Waals surface area contributed by atoms with Crippen molar-refractivity contribution in [3.05, 3.63) is 18.0 Å². The summed E-state index contributed by atoms with van der Waals surface area (Å²) < 4.78 is 9.94. The Kier molecular flexibility index (Phi) is 5.64. The second kappa shape index (κ2) is 7.51. The van der Waals surface area contributed by atoms with E-state index in [0.29, 0.717) is 6.04 Å². The smallest absolute Gasteiger partial charge is 0.128 e. The third-order valence-electron chi connectivity index (χ3n) is 3.48. The first-order chi connectivity index (χ1) is 8.90. The monoisotopic (exact) mass is 253 g/mol. The quantitative estimate of drug-likeness (QED) is 0.742. The number of rotatable bonds is 7. The highest BCUT2D eigenvalue weighted by Gasteiger charge is 2.22. The molecule has 1 fully saturated rings. The zero-order chi connectivity index (χ0) is 12.6. The van der Waals surface area contributed by atoms with E-state index >= 15 is 0 Å². The highest BCUT2D eigenvalue weighted by atomic mass is 16.5. The second-order valence-electron chi connectivity index (χ2n) is 4.85. The molecule has 1 N–H and O–H groups in total. The normalized spacial score (nSPS) is 21.3. The number of likely N-dealkylation sites (tertiary alicyclic amines) is 1. The van der Waals surface area contributed by atoms with Gasteiger partial charge in [-0.1, -0.05) is 11.6 Å². The lowest BCUT2D eigenvalue weighted by atomic mass is 10.0. The Morgan fingerprint density at radius 1 is 1.56 bits per heavy atom. The van der Waals surface area contributed by atoms with Crippen LogP contribution in [0.4, 0.5) is 0 Å². The van der Waals surface area contributed by atoms with E-state index in [9.17, 15) is 0 Å². The molecule has 1 saturated heterocycles. The van der Waals surface area contributed by atoms with E-state index in [1.54, 1.807) is 13.4 Å². The number of ether oxygens (including phenoxy) is 1. The molecule has 0 radical (unpaired) electrons. The Bertz CT molecular complexity index is 316. The maximum atomic E-state index is 5.05. The molecule has 0 saturated carbocycles. The van der Waals surface area contributed by atoms with E-state index in [-0.39, 0.29) is 0 Å². The van der Waals surface area contributed by atoms with Gasteiger partial charge in [0.15, 0.2) is 0 Å². The highest BCUT2D eigenvalue weighted by Crippen LogP contribution is 2.18. The van der Waals surface area contributed by atoms with E-state index in [1.165, 1.54) is 31.4 Å². The van der Waals surface area contributed by atoms with Crippen molar-refractivity contribution in [3.63, 3.8) is 0 Å². The minimum atomic E-state index is 0.616. The predicted octanol–water partition coefficient (Wildman–Crippen LogP) is 1.27. The summed E-state index contributed by atoms with van der Waals surface area (Å²) in [7, 11) is 1.74. The van der Waals surface area contributed by atoms with Gasteiger partial charge in [-0.2, -0.15) is 0 Å². The van der Waals surface area contributed by atoms with Gasteiger partial charge in [0.05, 0.1) is 12.8 Å². The second-order valence-corrected chi connectivity index (χ2v) is 4.85. The molecule has 0 aliphatic carbocycles. The molecule has 1 aromatic heterocycles. The van der Waals surface area contributed by atoms with Gasteiger partial charge in [0.1, 0.15) is 6.26 Å². The largest absolute Gasteiger partial charge is 0.383 e. The van der Waals surface area contributed by atoms with E-state index in [1.807, 2.05) is 6.20 Å². The van der Waals surface area contributed by atoms with Crippen LogP contribution in [-0.4, -0.2) is 49.4 Å². The van der Waals surface area contributed by atoms with Crippen molar-refractivity contribution in [2.75, 3.05) is 33.4 Å². The number of nitrogens with one attached hydrogen (secondary N) is 1. The van der Waals surface area contributed by atoms with Crippen molar-refractivity contribution in [3.8, 4) is 0 Å². The zero-order valence-corrected chi connectivity index (χ0v) is 11.1. The molecule has 2 rings (SSSR count). The molecule has 2 heterocycles. The SMILES string of the molecule is COCCNCC1CCCCN1Cc1cnoc1. The molecule has 1 aliphatic rings. The molecule has 18 heavy (non-hydrogen) atoms. The number of hydrogen-bond acceptors (Lipinski definition) is 5. The maximum Gasteiger partial charge on any atom is 0.128 e. The van der Waals surface area contributed by atoms with Gasteiger partial charge in [0.2, 0.25) is 0 Å². The van der Waals surface area contributed by atoms with Gasteiger partial charge in [0, 0.05) is 38.3 Å². The third-order valence-corrected chi connectivity index (χ3v) is 3.48. The molecule has 1 atom stereocenters. The summed E-state index contributed by atoms with van der Waals surface area (Å²) >= 11 is 0. The maximum absolute atomic E-state index is 5.05. The van der Waals surface area contributed by atoms with Gasteiger partial charge >= 0.3 is 0 Å². The number of aromatic nitrogens is 1. The fraction of sp³-hybridized carbons (Fsp3) is 0.769. The van der Waals surface area contributed by atoms with Crippen LogP contribution in [0, 0.1) is 0 Å². The van der Waals surface area contributed by atoms with Crippen LogP contribution < -0.4 is 5.32 Å². The van der Waals surface area contributed by atoms with Gasteiger partial charge in [-0.15, -0.1) is 0 Å². The molecular formula is C13H23N3O2. The Balaban J connectivity index is 1.78. The van der Waals surface area contributed by atoms with Crippen molar-refractivity contribution < 1.29 is 9.26 Å². The van der Waals surface area contributed by atoms with Crippen LogP contribution in [-0.2, 0) is 11.3 Å². The fourth-order valence-electron chi connectivity index (χ4n) is 2.48. The van der Waals surface area contributed by atoms with Crippen molar-refractivity contribution in [2.45, 2.75) is 31.8 Å². The first kappa shape index (κ1) is 13.5. The minimum absolute atomic E-state index is 0.616. The lowest BCUT2D eigenvalue weighted by molar-refractivity contribution is 0.133. The molecule has 1 aromatic rings. The topological polar surface area (TPSA) is 50.5 Å². The molecule has 0 spiro atoms.